The zero-order valence-corrected chi connectivity index (χ0v) is 13.2. The van der Waals surface area contributed by atoms with Crippen LogP contribution < -0.4 is 0 Å². The summed E-state index contributed by atoms with van der Waals surface area (Å²) in [6.45, 7) is 5.62. The van der Waals surface area contributed by atoms with Crippen molar-refractivity contribution in [2.24, 2.45) is 11.8 Å². The maximum atomic E-state index is 12.5. The molecule has 122 valence electrons. The van der Waals surface area contributed by atoms with Gasteiger partial charge in [0.15, 0.2) is 11.6 Å². The first kappa shape index (κ1) is 14.4. The highest BCUT2D eigenvalue weighted by Gasteiger charge is 2.46. The first-order chi connectivity index (χ1) is 11.1. The van der Waals surface area contributed by atoms with Gasteiger partial charge in [-0.2, -0.15) is 4.98 Å². The van der Waals surface area contributed by atoms with Crippen molar-refractivity contribution >= 4 is 5.91 Å². The first-order valence-corrected chi connectivity index (χ1v) is 7.86. The minimum atomic E-state index is -0.0662. The molecule has 2 aromatic rings. The number of fused-ring (bicyclic) bond motifs is 1. The fourth-order valence-corrected chi connectivity index (χ4v) is 3.53. The van der Waals surface area contributed by atoms with Gasteiger partial charge in [0.05, 0.1) is 12.7 Å². The van der Waals surface area contributed by atoms with E-state index in [-0.39, 0.29) is 12.0 Å². The third-order valence-electron chi connectivity index (χ3n) is 4.68. The quantitative estimate of drug-likeness (QED) is 0.855. The Morgan fingerprint density at radius 3 is 2.91 bits per heavy atom. The predicted molar refractivity (Wildman–Crippen MR) is 78.8 cm³/mol. The number of likely N-dealkylation sites (tertiary alicyclic amines) is 1. The van der Waals surface area contributed by atoms with Gasteiger partial charge in [0, 0.05) is 25.4 Å². The number of rotatable bonds is 3. The highest BCUT2D eigenvalue weighted by atomic mass is 16.5. The standard InChI is InChI=1S/C16H19N3O4/c1-9-3-4-13(22-9)16(20)19-6-12-11(8-21-14(12)7-19)5-15-17-10(2)18-23-15/h3-4,11-12,14H,5-8H2,1-2H3/t11-,12-,14-/m1/s1. The Hall–Kier alpha value is -2.15. The minimum absolute atomic E-state index is 0.0662. The van der Waals surface area contributed by atoms with E-state index in [9.17, 15) is 4.79 Å². The fraction of sp³-hybridized carbons (Fsp3) is 0.562. The van der Waals surface area contributed by atoms with Crippen LogP contribution >= 0.6 is 0 Å². The SMILES string of the molecule is Cc1noc(C[C@@H]2CO[C@@H]3CN(C(=O)c4ccc(C)o4)C[C@H]23)n1. The molecule has 0 spiro atoms. The van der Waals surface area contributed by atoms with Crippen molar-refractivity contribution in [2.45, 2.75) is 26.4 Å². The molecule has 2 aromatic heterocycles. The molecule has 0 radical (unpaired) electrons. The van der Waals surface area contributed by atoms with Gasteiger partial charge in [0.1, 0.15) is 5.76 Å². The molecule has 7 nitrogen and oxygen atoms in total. The molecule has 0 N–H and O–H groups in total. The summed E-state index contributed by atoms with van der Waals surface area (Å²) in [5.74, 6) is 2.97. The van der Waals surface area contributed by atoms with E-state index in [1.165, 1.54) is 0 Å². The molecule has 2 aliphatic rings. The summed E-state index contributed by atoms with van der Waals surface area (Å²) < 4.78 is 16.5. The number of carbonyl (C=O) groups is 1. The monoisotopic (exact) mass is 317 g/mol. The molecule has 2 saturated heterocycles. The van der Waals surface area contributed by atoms with Crippen LogP contribution in [0.4, 0.5) is 0 Å². The van der Waals surface area contributed by atoms with E-state index in [1.54, 1.807) is 12.1 Å². The number of nitrogens with zero attached hydrogens (tertiary/aromatic N) is 3. The van der Waals surface area contributed by atoms with Crippen molar-refractivity contribution in [3.05, 3.63) is 35.4 Å². The molecule has 1 amide bonds. The van der Waals surface area contributed by atoms with Crippen LogP contribution in [0.1, 0.15) is 28.0 Å². The zero-order valence-electron chi connectivity index (χ0n) is 13.2. The Morgan fingerprint density at radius 1 is 1.35 bits per heavy atom. The zero-order chi connectivity index (χ0) is 16.0. The fourth-order valence-electron chi connectivity index (χ4n) is 3.53. The van der Waals surface area contributed by atoms with Crippen molar-refractivity contribution in [1.82, 2.24) is 15.0 Å². The van der Waals surface area contributed by atoms with Crippen molar-refractivity contribution in [2.75, 3.05) is 19.7 Å². The maximum Gasteiger partial charge on any atom is 0.289 e. The lowest BCUT2D eigenvalue weighted by molar-refractivity contribution is 0.0649. The molecule has 0 unspecified atom stereocenters. The molecule has 0 bridgehead atoms. The van der Waals surface area contributed by atoms with Gasteiger partial charge in [-0.05, 0) is 31.9 Å². The molecule has 4 rings (SSSR count). The van der Waals surface area contributed by atoms with Gasteiger partial charge in [-0.25, -0.2) is 0 Å². The number of hydrogen-bond donors (Lipinski definition) is 0. The summed E-state index contributed by atoms with van der Waals surface area (Å²) in [5, 5.41) is 3.83. The van der Waals surface area contributed by atoms with E-state index >= 15 is 0 Å². The van der Waals surface area contributed by atoms with Crippen LogP contribution in [-0.2, 0) is 11.2 Å². The van der Waals surface area contributed by atoms with Crippen LogP contribution in [0.25, 0.3) is 0 Å². The average molecular weight is 317 g/mol. The van der Waals surface area contributed by atoms with Crippen LogP contribution in [0.3, 0.4) is 0 Å². The smallest absolute Gasteiger partial charge is 0.289 e. The third-order valence-corrected chi connectivity index (χ3v) is 4.68. The third kappa shape index (κ3) is 2.65. The highest BCUT2D eigenvalue weighted by molar-refractivity contribution is 5.91. The normalized spacial score (nSPS) is 26.7. The Labute approximate surface area is 133 Å². The summed E-state index contributed by atoms with van der Waals surface area (Å²) in [7, 11) is 0. The van der Waals surface area contributed by atoms with E-state index in [0.29, 0.717) is 55.4 Å². The Morgan fingerprint density at radius 2 is 2.22 bits per heavy atom. The van der Waals surface area contributed by atoms with E-state index in [0.717, 1.165) is 5.76 Å². The molecular weight excluding hydrogens is 298 g/mol. The number of hydrogen-bond acceptors (Lipinski definition) is 6. The molecule has 4 heterocycles. The Balaban J connectivity index is 1.43. The molecule has 3 atom stereocenters. The lowest BCUT2D eigenvalue weighted by Gasteiger charge is -2.18. The summed E-state index contributed by atoms with van der Waals surface area (Å²) in [5.41, 5.74) is 0. The van der Waals surface area contributed by atoms with Gasteiger partial charge < -0.3 is 18.6 Å². The van der Waals surface area contributed by atoms with Gasteiger partial charge in [-0.3, -0.25) is 4.79 Å². The van der Waals surface area contributed by atoms with Gasteiger partial charge in [-0.15, -0.1) is 0 Å². The van der Waals surface area contributed by atoms with Crippen LogP contribution in [0.2, 0.25) is 0 Å². The first-order valence-electron chi connectivity index (χ1n) is 7.86. The molecule has 2 aliphatic heterocycles. The lowest BCUT2D eigenvalue weighted by atomic mass is 9.90. The molecule has 0 saturated carbocycles. The van der Waals surface area contributed by atoms with E-state index < -0.39 is 0 Å². The number of amides is 1. The Kier molecular flexibility index (Phi) is 3.45. The van der Waals surface area contributed by atoms with E-state index in [4.69, 9.17) is 13.7 Å². The van der Waals surface area contributed by atoms with Crippen LogP contribution in [0, 0.1) is 25.7 Å². The molecule has 0 aliphatic carbocycles. The predicted octanol–water partition coefficient (Wildman–Crippen LogP) is 1.61. The van der Waals surface area contributed by atoms with Gasteiger partial charge in [-0.1, -0.05) is 5.16 Å². The lowest BCUT2D eigenvalue weighted by Crippen LogP contribution is -2.31. The van der Waals surface area contributed by atoms with E-state index in [2.05, 4.69) is 10.1 Å². The van der Waals surface area contributed by atoms with Crippen molar-refractivity contribution < 1.29 is 18.5 Å². The summed E-state index contributed by atoms with van der Waals surface area (Å²) in [6.07, 6.45) is 0.785. The molecule has 23 heavy (non-hydrogen) atoms. The number of aromatic nitrogens is 2. The van der Waals surface area contributed by atoms with Crippen molar-refractivity contribution in [3.63, 3.8) is 0 Å². The molecule has 2 fully saturated rings. The number of ether oxygens (including phenoxy) is 1. The molecule has 7 heteroatoms. The average Bonchev–Trinajstić information content (AvgIpc) is 3.25. The van der Waals surface area contributed by atoms with Crippen LogP contribution in [-0.4, -0.2) is 46.7 Å². The summed E-state index contributed by atoms with van der Waals surface area (Å²) in [6, 6.07) is 3.53. The van der Waals surface area contributed by atoms with E-state index in [1.807, 2.05) is 18.7 Å². The van der Waals surface area contributed by atoms with Gasteiger partial charge >= 0.3 is 0 Å². The van der Waals surface area contributed by atoms with Crippen LogP contribution in [0.15, 0.2) is 21.1 Å². The Bertz CT molecular complexity index is 722. The largest absolute Gasteiger partial charge is 0.456 e. The second kappa shape index (κ2) is 5.49. The topological polar surface area (TPSA) is 81.6 Å². The van der Waals surface area contributed by atoms with Crippen molar-refractivity contribution in [1.29, 1.82) is 0 Å². The number of aryl methyl sites for hydroxylation is 2. The number of furan rings is 1. The highest BCUT2D eigenvalue weighted by Crippen LogP contribution is 2.36. The molecular formula is C16H19N3O4. The second-order valence-electron chi connectivity index (χ2n) is 6.36. The molecule has 0 aromatic carbocycles. The van der Waals surface area contributed by atoms with Gasteiger partial charge in [0.25, 0.3) is 5.91 Å². The number of carbonyl (C=O) groups excluding carboxylic acids is 1. The van der Waals surface area contributed by atoms with Gasteiger partial charge in [0.2, 0.25) is 5.89 Å². The van der Waals surface area contributed by atoms with Crippen molar-refractivity contribution in [3.8, 4) is 0 Å². The summed E-state index contributed by atoms with van der Waals surface area (Å²) in [4.78, 5) is 18.6. The maximum absolute atomic E-state index is 12.5. The minimum Gasteiger partial charge on any atom is -0.456 e. The second-order valence-corrected chi connectivity index (χ2v) is 6.36. The van der Waals surface area contributed by atoms with Crippen LogP contribution in [0.5, 0.6) is 0 Å². The summed E-state index contributed by atoms with van der Waals surface area (Å²) >= 11 is 0.